The van der Waals surface area contributed by atoms with Gasteiger partial charge in [-0.25, -0.2) is 10.2 Å². The molecule has 4 aromatic rings. The summed E-state index contributed by atoms with van der Waals surface area (Å²) in [5, 5.41) is 12.9. The van der Waals surface area contributed by atoms with Gasteiger partial charge in [-0.05, 0) is 87.0 Å². The second-order valence-corrected chi connectivity index (χ2v) is 8.37. The van der Waals surface area contributed by atoms with E-state index in [1.54, 1.807) is 36.4 Å². The number of ether oxygens (including phenoxy) is 2. The highest BCUT2D eigenvalue weighted by molar-refractivity contribution is 5.92. The molecule has 1 atom stereocenters. The number of carboxylic acid groups (broad SMARTS) is 1. The van der Waals surface area contributed by atoms with Gasteiger partial charge in [0.2, 0.25) is 0 Å². The summed E-state index contributed by atoms with van der Waals surface area (Å²) in [6.45, 7) is 5.73. The first-order valence-electron chi connectivity index (χ1n) is 11.6. The molecule has 2 N–H and O–H groups in total. The SMILES string of the molecule is Cc1ccc(C)n1-c1ccc(OCc2ccc(C(=O)N/N=C/c3cccc(O[C@@H](C)C(=O)O)c3)o2)cc1. The third kappa shape index (κ3) is 6.46. The van der Waals surface area contributed by atoms with Crippen LogP contribution in [0, 0.1) is 13.8 Å². The molecule has 0 bridgehead atoms. The van der Waals surface area contributed by atoms with Crippen molar-refractivity contribution in [2.45, 2.75) is 33.5 Å². The van der Waals surface area contributed by atoms with E-state index >= 15 is 0 Å². The molecule has 0 aliphatic heterocycles. The highest BCUT2D eigenvalue weighted by atomic mass is 16.5. The minimum atomic E-state index is -1.06. The average Bonchev–Trinajstić information content (AvgIpc) is 3.49. The van der Waals surface area contributed by atoms with Crippen molar-refractivity contribution in [1.29, 1.82) is 0 Å². The largest absolute Gasteiger partial charge is 0.486 e. The number of amides is 1. The lowest BCUT2D eigenvalue weighted by atomic mass is 10.2. The molecule has 37 heavy (non-hydrogen) atoms. The molecule has 0 spiro atoms. The summed E-state index contributed by atoms with van der Waals surface area (Å²) in [4.78, 5) is 23.3. The molecule has 2 aromatic carbocycles. The van der Waals surface area contributed by atoms with Crippen LogP contribution in [0.1, 0.15) is 40.2 Å². The fraction of sp³-hybridized carbons (Fsp3) is 0.179. The molecular weight excluding hydrogens is 474 g/mol. The molecule has 2 heterocycles. The Bertz CT molecular complexity index is 1400. The van der Waals surface area contributed by atoms with E-state index in [0.717, 1.165) is 17.1 Å². The Morgan fingerprint density at radius 3 is 2.46 bits per heavy atom. The highest BCUT2D eigenvalue weighted by Gasteiger charge is 2.13. The van der Waals surface area contributed by atoms with E-state index in [1.165, 1.54) is 13.1 Å². The number of hydrazone groups is 1. The Morgan fingerprint density at radius 2 is 1.76 bits per heavy atom. The van der Waals surface area contributed by atoms with E-state index in [0.29, 0.717) is 22.8 Å². The van der Waals surface area contributed by atoms with Crippen LogP contribution in [-0.2, 0) is 11.4 Å². The lowest BCUT2D eigenvalue weighted by Crippen LogP contribution is -2.22. The van der Waals surface area contributed by atoms with E-state index in [9.17, 15) is 9.59 Å². The van der Waals surface area contributed by atoms with Crippen molar-refractivity contribution in [1.82, 2.24) is 9.99 Å². The molecule has 0 unspecified atom stereocenters. The number of carbonyl (C=O) groups is 2. The van der Waals surface area contributed by atoms with Gasteiger partial charge in [0.05, 0.1) is 6.21 Å². The lowest BCUT2D eigenvalue weighted by Gasteiger charge is -2.10. The first-order valence-corrected chi connectivity index (χ1v) is 11.6. The molecular formula is C28H27N3O6. The second-order valence-electron chi connectivity index (χ2n) is 8.37. The number of aromatic nitrogens is 1. The molecule has 190 valence electrons. The smallest absolute Gasteiger partial charge is 0.344 e. The van der Waals surface area contributed by atoms with Gasteiger partial charge >= 0.3 is 11.9 Å². The van der Waals surface area contributed by atoms with Gasteiger partial charge in [-0.1, -0.05) is 12.1 Å². The van der Waals surface area contributed by atoms with Crippen molar-refractivity contribution in [3.8, 4) is 17.2 Å². The van der Waals surface area contributed by atoms with Crippen LogP contribution >= 0.6 is 0 Å². The number of carboxylic acids is 1. The van der Waals surface area contributed by atoms with E-state index in [1.807, 2.05) is 24.3 Å². The molecule has 0 fully saturated rings. The zero-order valence-electron chi connectivity index (χ0n) is 20.7. The summed E-state index contributed by atoms with van der Waals surface area (Å²) >= 11 is 0. The molecule has 0 radical (unpaired) electrons. The van der Waals surface area contributed by atoms with Crippen molar-refractivity contribution in [2.24, 2.45) is 5.10 Å². The molecule has 9 nitrogen and oxygen atoms in total. The van der Waals surface area contributed by atoms with Crippen LogP contribution in [0.4, 0.5) is 0 Å². The number of furan rings is 1. The minimum absolute atomic E-state index is 0.0945. The maximum atomic E-state index is 12.4. The molecule has 2 aromatic heterocycles. The quantitative estimate of drug-likeness (QED) is 0.236. The van der Waals surface area contributed by atoms with Crippen LogP contribution in [0.15, 0.2) is 82.3 Å². The molecule has 1 amide bonds. The molecule has 9 heteroatoms. The lowest BCUT2D eigenvalue weighted by molar-refractivity contribution is -0.144. The van der Waals surface area contributed by atoms with E-state index < -0.39 is 18.0 Å². The topological polar surface area (TPSA) is 115 Å². The maximum absolute atomic E-state index is 12.4. The van der Waals surface area contributed by atoms with Gasteiger partial charge in [0, 0.05) is 17.1 Å². The molecule has 0 aliphatic rings. The number of aryl methyl sites for hydroxylation is 2. The molecule has 0 aliphatic carbocycles. The standard InChI is InChI=1S/C28H27N3O6/c1-18-7-8-19(2)31(18)22-9-11-23(12-10-22)35-17-25-13-14-26(37-25)27(32)30-29-16-21-5-4-6-24(15-21)36-20(3)28(33)34/h4-16,20H,17H2,1-3H3,(H,30,32)(H,33,34)/b29-16+/t20-/m0/s1. The van der Waals surface area contributed by atoms with Gasteiger partial charge < -0.3 is 23.6 Å². The molecule has 0 saturated carbocycles. The number of nitrogens with zero attached hydrogens (tertiary/aromatic N) is 2. The first-order chi connectivity index (χ1) is 17.8. The predicted molar refractivity (Wildman–Crippen MR) is 138 cm³/mol. The third-order valence-corrected chi connectivity index (χ3v) is 5.53. The summed E-state index contributed by atoms with van der Waals surface area (Å²) in [7, 11) is 0. The van der Waals surface area contributed by atoms with Gasteiger partial charge in [-0.15, -0.1) is 0 Å². The van der Waals surface area contributed by atoms with Crippen LogP contribution < -0.4 is 14.9 Å². The summed E-state index contributed by atoms with van der Waals surface area (Å²) in [5.74, 6) is 0.0685. The zero-order valence-corrected chi connectivity index (χ0v) is 20.7. The fourth-order valence-corrected chi connectivity index (χ4v) is 3.64. The zero-order chi connectivity index (χ0) is 26.4. The van der Waals surface area contributed by atoms with E-state index in [4.69, 9.17) is 19.0 Å². The van der Waals surface area contributed by atoms with Crippen molar-refractivity contribution in [3.63, 3.8) is 0 Å². The van der Waals surface area contributed by atoms with Crippen molar-refractivity contribution < 1.29 is 28.6 Å². The van der Waals surface area contributed by atoms with Crippen LogP contribution in [0.3, 0.4) is 0 Å². The van der Waals surface area contributed by atoms with Gasteiger partial charge in [0.1, 0.15) is 23.9 Å². The first kappa shape index (κ1) is 25.3. The fourth-order valence-electron chi connectivity index (χ4n) is 3.64. The van der Waals surface area contributed by atoms with E-state index in [-0.39, 0.29) is 12.4 Å². The van der Waals surface area contributed by atoms with Crippen molar-refractivity contribution in [3.05, 3.63) is 101 Å². The Balaban J connectivity index is 1.29. The van der Waals surface area contributed by atoms with Crippen molar-refractivity contribution in [2.75, 3.05) is 0 Å². The maximum Gasteiger partial charge on any atom is 0.344 e. The van der Waals surface area contributed by atoms with Gasteiger partial charge in [-0.2, -0.15) is 5.10 Å². The number of rotatable bonds is 10. The second kappa shape index (κ2) is 11.3. The number of nitrogens with one attached hydrogen (secondary N) is 1. The van der Waals surface area contributed by atoms with Crippen LogP contribution in [-0.4, -0.2) is 33.9 Å². The Morgan fingerprint density at radius 1 is 1.03 bits per heavy atom. The number of benzene rings is 2. The molecule has 4 rings (SSSR count). The van der Waals surface area contributed by atoms with Crippen LogP contribution in [0.25, 0.3) is 5.69 Å². The van der Waals surface area contributed by atoms with Gasteiger partial charge in [0.15, 0.2) is 11.9 Å². The van der Waals surface area contributed by atoms with Crippen LogP contribution in [0.2, 0.25) is 0 Å². The highest BCUT2D eigenvalue weighted by Crippen LogP contribution is 2.21. The summed E-state index contributed by atoms with van der Waals surface area (Å²) in [6, 6.07) is 21.8. The minimum Gasteiger partial charge on any atom is -0.486 e. The average molecular weight is 502 g/mol. The predicted octanol–water partition coefficient (Wildman–Crippen LogP) is 4.88. The Kier molecular flexibility index (Phi) is 7.73. The summed E-state index contributed by atoms with van der Waals surface area (Å²) < 4.78 is 18.9. The van der Waals surface area contributed by atoms with Gasteiger partial charge in [-0.3, -0.25) is 4.79 Å². The monoisotopic (exact) mass is 501 g/mol. The third-order valence-electron chi connectivity index (χ3n) is 5.53. The van der Waals surface area contributed by atoms with Crippen LogP contribution in [0.5, 0.6) is 11.5 Å². The number of hydrogen-bond donors (Lipinski definition) is 2. The Hall–Kier alpha value is -4.79. The Labute approximate surface area is 213 Å². The van der Waals surface area contributed by atoms with E-state index in [2.05, 4.69) is 41.1 Å². The number of aliphatic carboxylic acids is 1. The number of hydrogen-bond acceptors (Lipinski definition) is 6. The summed E-state index contributed by atoms with van der Waals surface area (Å²) in [5.41, 5.74) is 6.39. The van der Waals surface area contributed by atoms with Gasteiger partial charge in [0.25, 0.3) is 0 Å². The molecule has 0 saturated heterocycles. The summed E-state index contributed by atoms with van der Waals surface area (Å²) in [6.07, 6.45) is 0.436. The van der Waals surface area contributed by atoms with Crippen molar-refractivity contribution >= 4 is 18.1 Å². The normalized spacial score (nSPS) is 11.9. The number of carbonyl (C=O) groups excluding carboxylic acids is 1.